The first-order chi connectivity index (χ1) is 5.27. The lowest BCUT2D eigenvalue weighted by Crippen LogP contribution is -1.78. The summed E-state index contributed by atoms with van der Waals surface area (Å²) < 4.78 is 0. The summed E-state index contributed by atoms with van der Waals surface area (Å²) >= 11 is 1.53. The van der Waals surface area contributed by atoms with Gasteiger partial charge < -0.3 is 5.11 Å². The highest BCUT2D eigenvalue weighted by molar-refractivity contribution is 7.98. The molecular formula is C9H8OS. The molecule has 11 heavy (non-hydrogen) atoms. The van der Waals surface area contributed by atoms with Crippen molar-refractivity contribution in [1.82, 2.24) is 0 Å². The Morgan fingerprint density at radius 1 is 1.55 bits per heavy atom. The number of benzene rings is 1. The van der Waals surface area contributed by atoms with E-state index in [1.54, 1.807) is 18.2 Å². The van der Waals surface area contributed by atoms with E-state index in [-0.39, 0.29) is 5.75 Å². The molecule has 0 heterocycles. The summed E-state index contributed by atoms with van der Waals surface area (Å²) in [7, 11) is 0. The molecule has 0 saturated carbocycles. The van der Waals surface area contributed by atoms with Crippen molar-refractivity contribution in [3.8, 4) is 18.1 Å². The van der Waals surface area contributed by atoms with Crippen LogP contribution in [0, 0.1) is 12.3 Å². The van der Waals surface area contributed by atoms with Crippen molar-refractivity contribution in [2.24, 2.45) is 0 Å². The predicted octanol–water partition coefficient (Wildman–Crippen LogP) is 2.10. The summed E-state index contributed by atoms with van der Waals surface area (Å²) in [4.78, 5) is 0.938. The summed E-state index contributed by atoms with van der Waals surface area (Å²) in [6.07, 6.45) is 7.16. The van der Waals surface area contributed by atoms with Crippen LogP contribution < -0.4 is 0 Å². The third-order valence-corrected chi connectivity index (χ3v) is 2.12. The van der Waals surface area contributed by atoms with Crippen LogP contribution in [-0.2, 0) is 0 Å². The Balaban J connectivity index is 3.19. The van der Waals surface area contributed by atoms with Gasteiger partial charge in [-0.1, -0.05) is 5.92 Å². The number of thioether (sulfide) groups is 1. The van der Waals surface area contributed by atoms with Gasteiger partial charge in [0, 0.05) is 10.5 Å². The van der Waals surface area contributed by atoms with Gasteiger partial charge in [0.1, 0.15) is 5.75 Å². The Morgan fingerprint density at radius 3 is 2.82 bits per heavy atom. The van der Waals surface area contributed by atoms with Crippen LogP contribution >= 0.6 is 11.8 Å². The molecule has 0 amide bonds. The standard InChI is InChI=1S/C9H8OS/c1-3-7-4-5-8(10)6-9(7)11-2/h1,4-6,10H,2H3. The number of hydrogen-bond donors (Lipinski definition) is 1. The molecule has 1 N–H and O–H groups in total. The molecule has 0 saturated heterocycles. The summed E-state index contributed by atoms with van der Waals surface area (Å²) in [5, 5.41) is 9.08. The monoisotopic (exact) mass is 164 g/mol. The van der Waals surface area contributed by atoms with E-state index in [4.69, 9.17) is 11.5 Å². The van der Waals surface area contributed by atoms with E-state index < -0.39 is 0 Å². The maximum Gasteiger partial charge on any atom is 0.116 e. The van der Waals surface area contributed by atoms with Crippen LogP contribution in [0.1, 0.15) is 5.56 Å². The van der Waals surface area contributed by atoms with Crippen molar-refractivity contribution in [3.05, 3.63) is 23.8 Å². The fourth-order valence-corrected chi connectivity index (χ4v) is 1.38. The Kier molecular flexibility index (Phi) is 2.45. The molecule has 0 unspecified atom stereocenters. The van der Waals surface area contributed by atoms with E-state index >= 15 is 0 Å². The lowest BCUT2D eigenvalue weighted by molar-refractivity contribution is 0.473. The minimum atomic E-state index is 0.258. The smallest absolute Gasteiger partial charge is 0.116 e. The van der Waals surface area contributed by atoms with Gasteiger partial charge in [0.15, 0.2) is 0 Å². The Hall–Kier alpha value is -1.07. The van der Waals surface area contributed by atoms with E-state index in [1.807, 2.05) is 6.26 Å². The van der Waals surface area contributed by atoms with Gasteiger partial charge in [-0.05, 0) is 24.5 Å². The summed E-state index contributed by atoms with van der Waals surface area (Å²) in [5.41, 5.74) is 0.829. The van der Waals surface area contributed by atoms with Crippen molar-refractivity contribution in [3.63, 3.8) is 0 Å². The van der Waals surface area contributed by atoms with Crippen LogP contribution in [0.5, 0.6) is 5.75 Å². The number of phenols is 1. The number of rotatable bonds is 1. The maximum absolute atomic E-state index is 9.08. The second kappa shape index (κ2) is 3.36. The molecule has 1 aromatic rings. The molecule has 0 bridgehead atoms. The topological polar surface area (TPSA) is 20.2 Å². The van der Waals surface area contributed by atoms with Crippen LogP contribution in [0.15, 0.2) is 23.1 Å². The summed E-state index contributed by atoms with van der Waals surface area (Å²) in [6, 6.07) is 5.00. The first-order valence-corrected chi connectivity index (χ1v) is 4.34. The highest BCUT2D eigenvalue weighted by atomic mass is 32.2. The zero-order chi connectivity index (χ0) is 8.27. The van der Waals surface area contributed by atoms with Crippen LogP contribution in [-0.4, -0.2) is 11.4 Å². The van der Waals surface area contributed by atoms with Gasteiger partial charge in [-0.2, -0.15) is 0 Å². The molecule has 1 aromatic carbocycles. The Bertz CT molecular complexity index is 299. The van der Waals surface area contributed by atoms with Gasteiger partial charge >= 0.3 is 0 Å². The molecule has 0 spiro atoms. The molecule has 1 rings (SSSR count). The Morgan fingerprint density at radius 2 is 2.27 bits per heavy atom. The van der Waals surface area contributed by atoms with Crippen molar-refractivity contribution in [1.29, 1.82) is 0 Å². The maximum atomic E-state index is 9.08. The average molecular weight is 164 g/mol. The van der Waals surface area contributed by atoms with Crippen molar-refractivity contribution >= 4 is 11.8 Å². The van der Waals surface area contributed by atoms with Gasteiger partial charge in [0.05, 0.1) is 0 Å². The highest BCUT2D eigenvalue weighted by Gasteiger charge is 1.98. The van der Waals surface area contributed by atoms with E-state index in [2.05, 4.69) is 5.92 Å². The number of phenolic OH excluding ortho intramolecular Hbond substituents is 1. The fraction of sp³-hybridized carbons (Fsp3) is 0.111. The van der Waals surface area contributed by atoms with Gasteiger partial charge in [-0.25, -0.2) is 0 Å². The zero-order valence-corrected chi connectivity index (χ0v) is 6.98. The van der Waals surface area contributed by atoms with Crippen molar-refractivity contribution in [2.75, 3.05) is 6.26 Å². The lowest BCUT2D eigenvalue weighted by atomic mass is 10.2. The van der Waals surface area contributed by atoms with Crippen LogP contribution in [0.4, 0.5) is 0 Å². The van der Waals surface area contributed by atoms with Gasteiger partial charge in [-0.3, -0.25) is 0 Å². The number of aromatic hydroxyl groups is 1. The third kappa shape index (κ3) is 1.69. The first kappa shape index (κ1) is 8.03. The van der Waals surface area contributed by atoms with E-state index in [9.17, 15) is 0 Å². The summed E-state index contributed by atoms with van der Waals surface area (Å²) in [5.74, 6) is 2.80. The number of hydrogen-bond acceptors (Lipinski definition) is 2. The molecule has 0 fully saturated rings. The van der Waals surface area contributed by atoms with Crippen molar-refractivity contribution in [2.45, 2.75) is 4.90 Å². The molecule has 0 aliphatic rings. The van der Waals surface area contributed by atoms with Gasteiger partial charge in [0.2, 0.25) is 0 Å². The molecule has 0 aromatic heterocycles. The minimum Gasteiger partial charge on any atom is -0.508 e. The lowest BCUT2D eigenvalue weighted by Gasteiger charge is -2.00. The normalized spacial score (nSPS) is 9.09. The molecular weight excluding hydrogens is 156 g/mol. The van der Waals surface area contributed by atoms with E-state index in [0.29, 0.717) is 0 Å². The zero-order valence-electron chi connectivity index (χ0n) is 6.16. The Labute approximate surface area is 70.4 Å². The van der Waals surface area contributed by atoms with E-state index in [1.165, 1.54) is 11.8 Å². The quantitative estimate of drug-likeness (QED) is 0.506. The molecule has 0 radical (unpaired) electrons. The van der Waals surface area contributed by atoms with Crippen LogP contribution in [0.2, 0.25) is 0 Å². The molecule has 0 aliphatic heterocycles. The second-order valence-corrected chi connectivity index (χ2v) is 2.88. The number of terminal acetylenes is 1. The minimum absolute atomic E-state index is 0.258. The SMILES string of the molecule is C#Cc1ccc(O)cc1SC. The fourth-order valence-electron chi connectivity index (χ4n) is 0.799. The van der Waals surface area contributed by atoms with Gasteiger partial charge in [-0.15, -0.1) is 18.2 Å². The van der Waals surface area contributed by atoms with E-state index in [0.717, 1.165) is 10.5 Å². The van der Waals surface area contributed by atoms with Crippen molar-refractivity contribution < 1.29 is 5.11 Å². The molecule has 56 valence electrons. The van der Waals surface area contributed by atoms with Gasteiger partial charge in [0.25, 0.3) is 0 Å². The largest absolute Gasteiger partial charge is 0.508 e. The third-order valence-electron chi connectivity index (χ3n) is 1.34. The second-order valence-electron chi connectivity index (χ2n) is 2.03. The summed E-state index contributed by atoms with van der Waals surface area (Å²) in [6.45, 7) is 0. The molecule has 1 nitrogen and oxygen atoms in total. The molecule has 2 heteroatoms. The first-order valence-electron chi connectivity index (χ1n) is 3.11. The predicted molar refractivity (Wildman–Crippen MR) is 47.8 cm³/mol. The van der Waals surface area contributed by atoms with Crippen LogP contribution in [0.3, 0.4) is 0 Å². The molecule has 0 atom stereocenters. The highest BCUT2D eigenvalue weighted by Crippen LogP contribution is 2.23. The average Bonchev–Trinajstić information content (AvgIpc) is 2.04. The van der Waals surface area contributed by atoms with Crippen LogP contribution in [0.25, 0.3) is 0 Å². The molecule has 0 aliphatic carbocycles.